The molecule has 1 atom stereocenters. The Bertz CT molecular complexity index is 2490. The number of aromatic nitrogens is 1. The van der Waals surface area contributed by atoms with Gasteiger partial charge in [0.15, 0.2) is 5.84 Å². The fourth-order valence-electron chi connectivity index (χ4n) is 7.06. The minimum atomic E-state index is -0.265. The minimum Gasteiger partial charge on any atom is -0.344 e. The van der Waals surface area contributed by atoms with Crippen LogP contribution in [0.25, 0.3) is 49.6 Å². The number of hydrogen-bond donors (Lipinski definition) is 1. The first-order chi connectivity index (χ1) is 24.8. The van der Waals surface area contributed by atoms with Crippen molar-refractivity contribution in [3.05, 3.63) is 192 Å². The van der Waals surface area contributed by atoms with Crippen molar-refractivity contribution in [2.24, 2.45) is 9.98 Å². The van der Waals surface area contributed by atoms with E-state index in [-0.39, 0.29) is 6.17 Å². The van der Waals surface area contributed by atoms with Crippen LogP contribution < -0.4 is 5.32 Å². The van der Waals surface area contributed by atoms with Crippen LogP contribution in [-0.2, 0) is 0 Å². The molecule has 1 aromatic heterocycles. The maximum atomic E-state index is 5.45. The fraction of sp³-hybridized carbons (Fsp3) is 0.0652. The summed E-state index contributed by atoms with van der Waals surface area (Å²) in [6, 6.07) is 53.0. The molecule has 1 N–H and O–H groups in total. The lowest BCUT2D eigenvalue weighted by atomic mass is 9.88. The summed E-state index contributed by atoms with van der Waals surface area (Å²) in [6.45, 7) is 0. The van der Waals surface area contributed by atoms with E-state index >= 15 is 0 Å². The molecule has 0 radical (unpaired) electrons. The molecule has 0 saturated heterocycles. The van der Waals surface area contributed by atoms with Crippen molar-refractivity contribution in [3.63, 3.8) is 0 Å². The molecular formula is C46H34N4. The highest BCUT2D eigenvalue weighted by Crippen LogP contribution is 2.41. The third-order valence-electron chi connectivity index (χ3n) is 9.52. The summed E-state index contributed by atoms with van der Waals surface area (Å²) in [5.74, 6) is 1.50. The smallest absolute Gasteiger partial charge is 0.159 e. The number of aliphatic imine (C=N–C) groups is 2. The highest BCUT2D eigenvalue weighted by atomic mass is 15.2. The summed E-state index contributed by atoms with van der Waals surface area (Å²) in [5.41, 5.74) is 10.7. The number of pyridine rings is 1. The SMILES string of the molecule is C1=CC(c2cc(-c3ccccc3)nc3c(-c4cccc(C5=NC(c6ccccc6)NC(c6ccccc6)=N5)c4)cc4ccccc4c23)=CCC1. The molecule has 238 valence electrons. The van der Waals surface area contributed by atoms with E-state index in [2.05, 4.69) is 151 Å². The van der Waals surface area contributed by atoms with E-state index in [4.69, 9.17) is 15.0 Å². The Morgan fingerprint density at radius 2 is 1.28 bits per heavy atom. The van der Waals surface area contributed by atoms with Crippen LogP contribution in [0.2, 0.25) is 0 Å². The first kappa shape index (κ1) is 29.7. The van der Waals surface area contributed by atoms with Gasteiger partial charge in [0.05, 0.1) is 11.2 Å². The predicted molar refractivity (Wildman–Crippen MR) is 208 cm³/mol. The molecule has 50 heavy (non-hydrogen) atoms. The number of rotatable bonds is 6. The lowest BCUT2D eigenvalue weighted by Crippen LogP contribution is -2.33. The van der Waals surface area contributed by atoms with Crippen molar-refractivity contribution in [3.8, 4) is 22.4 Å². The van der Waals surface area contributed by atoms with E-state index in [0.717, 1.165) is 63.3 Å². The molecule has 2 heterocycles. The zero-order valence-electron chi connectivity index (χ0n) is 27.5. The Morgan fingerprint density at radius 3 is 2.06 bits per heavy atom. The van der Waals surface area contributed by atoms with E-state index in [0.29, 0.717) is 5.84 Å². The Labute approximate surface area is 291 Å². The molecule has 4 nitrogen and oxygen atoms in total. The van der Waals surface area contributed by atoms with Crippen LogP contribution in [0.1, 0.15) is 41.3 Å². The number of benzene rings is 6. The van der Waals surface area contributed by atoms with Gasteiger partial charge >= 0.3 is 0 Å². The van der Waals surface area contributed by atoms with Gasteiger partial charge in [0.2, 0.25) is 0 Å². The van der Waals surface area contributed by atoms with Crippen molar-refractivity contribution in [2.75, 3.05) is 0 Å². The van der Waals surface area contributed by atoms with Gasteiger partial charge in [-0.25, -0.2) is 15.0 Å². The molecule has 1 unspecified atom stereocenters. The lowest BCUT2D eigenvalue weighted by Gasteiger charge is -2.24. The van der Waals surface area contributed by atoms with Gasteiger partial charge in [-0.2, -0.15) is 0 Å². The largest absolute Gasteiger partial charge is 0.344 e. The molecule has 0 bridgehead atoms. The molecular weight excluding hydrogens is 609 g/mol. The maximum Gasteiger partial charge on any atom is 0.159 e. The number of nitrogens with one attached hydrogen (secondary N) is 1. The third-order valence-corrected chi connectivity index (χ3v) is 9.52. The minimum absolute atomic E-state index is 0.265. The first-order valence-corrected chi connectivity index (χ1v) is 17.2. The second-order valence-electron chi connectivity index (χ2n) is 12.7. The van der Waals surface area contributed by atoms with Gasteiger partial charge in [0.25, 0.3) is 0 Å². The zero-order chi connectivity index (χ0) is 33.3. The van der Waals surface area contributed by atoms with E-state index in [1.165, 1.54) is 27.3 Å². The molecule has 6 aromatic carbocycles. The van der Waals surface area contributed by atoms with Gasteiger partial charge in [-0.3, -0.25) is 0 Å². The van der Waals surface area contributed by atoms with Gasteiger partial charge in [-0.15, -0.1) is 0 Å². The quantitative estimate of drug-likeness (QED) is 0.184. The van der Waals surface area contributed by atoms with Crippen molar-refractivity contribution in [2.45, 2.75) is 19.0 Å². The van der Waals surface area contributed by atoms with Gasteiger partial charge in [0, 0.05) is 27.6 Å². The maximum absolute atomic E-state index is 5.45. The molecule has 2 aliphatic rings. The van der Waals surface area contributed by atoms with Gasteiger partial charge in [-0.1, -0.05) is 152 Å². The van der Waals surface area contributed by atoms with Crippen LogP contribution >= 0.6 is 0 Å². The highest BCUT2D eigenvalue weighted by molar-refractivity contribution is 6.18. The standard InChI is InChI=1S/C46H34N4/c1-5-16-31(17-6-1)39-30-41(32-18-7-2-8-19-32)47-43-40(29-36-24-13-14-27-38(36)42(39)43)35-25-15-26-37(28-35)46-49-44(33-20-9-3-10-21-33)48-45(50-46)34-22-11-4-12-23-34/h2-5,7-30,44H,1,6H2,(H,48,49,50). The number of amidine groups is 2. The van der Waals surface area contributed by atoms with Crippen LogP contribution in [0.3, 0.4) is 0 Å². The summed E-state index contributed by atoms with van der Waals surface area (Å²) in [6.07, 6.45) is 8.76. The molecule has 0 fully saturated rings. The number of nitrogens with zero attached hydrogens (tertiary/aromatic N) is 3. The first-order valence-electron chi connectivity index (χ1n) is 17.2. The summed E-state index contributed by atoms with van der Waals surface area (Å²) in [4.78, 5) is 15.7. The van der Waals surface area contributed by atoms with E-state index in [1.54, 1.807) is 0 Å². The van der Waals surface area contributed by atoms with E-state index in [9.17, 15) is 0 Å². The van der Waals surface area contributed by atoms with Crippen LogP contribution in [0.4, 0.5) is 0 Å². The topological polar surface area (TPSA) is 49.6 Å². The van der Waals surface area contributed by atoms with Gasteiger partial charge in [0.1, 0.15) is 12.0 Å². The van der Waals surface area contributed by atoms with Crippen molar-refractivity contribution in [1.29, 1.82) is 0 Å². The molecule has 1 aliphatic heterocycles. The summed E-state index contributed by atoms with van der Waals surface area (Å²) in [5, 5.41) is 7.14. The van der Waals surface area contributed by atoms with E-state index < -0.39 is 0 Å². The lowest BCUT2D eigenvalue weighted by molar-refractivity contribution is 0.674. The third kappa shape index (κ3) is 5.61. The average molecular weight is 643 g/mol. The molecule has 9 rings (SSSR count). The summed E-state index contributed by atoms with van der Waals surface area (Å²) < 4.78 is 0. The van der Waals surface area contributed by atoms with Crippen molar-refractivity contribution in [1.82, 2.24) is 10.3 Å². The monoisotopic (exact) mass is 642 g/mol. The Morgan fingerprint density at radius 1 is 0.580 bits per heavy atom. The average Bonchev–Trinajstić information content (AvgIpc) is 3.21. The van der Waals surface area contributed by atoms with Crippen LogP contribution in [0.5, 0.6) is 0 Å². The predicted octanol–water partition coefficient (Wildman–Crippen LogP) is 11.0. The molecule has 7 aromatic rings. The Kier molecular flexibility index (Phi) is 7.67. The molecule has 1 aliphatic carbocycles. The van der Waals surface area contributed by atoms with Crippen LogP contribution in [-0.4, -0.2) is 16.7 Å². The van der Waals surface area contributed by atoms with E-state index in [1.807, 2.05) is 24.3 Å². The molecule has 0 spiro atoms. The Hall–Kier alpha value is -6.39. The molecule has 0 saturated carbocycles. The van der Waals surface area contributed by atoms with Gasteiger partial charge in [-0.05, 0) is 64.1 Å². The van der Waals surface area contributed by atoms with Crippen LogP contribution in [0.15, 0.2) is 180 Å². The number of hydrogen-bond acceptors (Lipinski definition) is 4. The summed E-state index contributed by atoms with van der Waals surface area (Å²) >= 11 is 0. The molecule has 0 amide bonds. The molecule has 4 heteroatoms. The fourth-order valence-corrected chi connectivity index (χ4v) is 7.06. The number of fused-ring (bicyclic) bond motifs is 3. The van der Waals surface area contributed by atoms with Crippen molar-refractivity contribution < 1.29 is 0 Å². The van der Waals surface area contributed by atoms with Crippen molar-refractivity contribution >= 4 is 38.9 Å². The summed E-state index contributed by atoms with van der Waals surface area (Å²) in [7, 11) is 0. The second kappa shape index (κ2) is 12.9. The highest BCUT2D eigenvalue weighted by Gasteiger charge is 2.22. The number of allylic oxidation sites excluding steroid dienone is 4. The second-order valence-corrected chi connectivity index (χ2v) is 12.7. The Balaban J connectivity index is 1.26. The zero-order valence-corrected chi connectivity index (χ0v) is 27.5. The van der Waals surface area contributed by atoms with Crippen LogP contribution in [0, 0.1) is 0 Å². The van der Waals surface area contributed by atoms with Gasteiger partial charge < -0.3 is 5.32 Å². The normalized spacial score (nSPS) is 15.7.